The molecule has 4 rings (SSSR count). The number of alkyl halides is 1. The first kappa shape index (κ1) is 13.2. The molecule has 104 valence electrons. The van der Waals surface area contributed by atoms with Crippen LogP contribution in [0.4, 0.5) is 0 Å². The molecule has 0 aliphatic heterocycles. The number of imidazole rings is 1. The number of aromatic nitrogens is 4. The number of thiazole rings is 1. The molecule has 0 radical (unpaired) electrons. The quantitative estimate of drug-likeness (QED) is 0.481. The lowest BCUT2D eigenvalue weighted by Gasteiger charge is -2.07. The fourth-order valence-electron chi connectivity index (χ4n) is 2.33. The van der Waals surface area contributed by atoms with Crippen molar-refractivity contribution in [1.82, 2.24) is 19.5 Å². The van der Waals surface area contributed by atoms with Gasteiger partial charge in [0.15, 0.2) is 5.65 Å². The van der Waals surface area contributed by atoms with Gasteiger partial charge in [-0.15, -0.1) is 22.9 Å². The topological polar surface area (TPSA) is 43.6 Å². The molecule has 0 aliphatic carbocycles. The van der Waals surface area contributed by atoms with Crippen LogP contribution in [0.3, 0.4) is 0 Å². The number of rotatable bonds is 2. The maximum Gasteiger partial charge on any atom is 0.164 e. The molecular formula is C14H8BrClN4S. The molecule has 0 fully saturated rings. The maximum atomic E-state index is 6.06. The number of benzene rings is 1. The summed E-state index contributed by atoms with van der Waals surface area (Å²) in [5.41, 5.74) is 5.47. The molecular weight excluding hydrogens is 372 g/mol. The third kappa shape index (κ3) is 2.14. The predicted molar refractivity (Wildman–Crippen MR) is 89.3 cm³/mol. The number of nitrogens with zero attached hydrogens (tertiary/aromatic N) is 4. The van der Waals surface area contributed by atoms with Gasteiger partial charge in [0.2, 0.25) is 0 Å². The Labute approximate surface area is 137 Å². The standard InChI is InChI=1S/C14H8BrClN4S/c15-8-3-11-14(17-6-8)20(13(5-16)19-11)9-1-2-10-12(4-9)21-7-18-10/h1-4,6-7H,5H2. The summed E-state index contributed by atoms with van der Waals surface area (Å²) in [6.45, 7) is 0. The first-order chi connectivity index (χ1) is 10.3. The summed E-state index contributed by atoms with van der Waals surface area (Å²) < 4.78 is 4.03. The molecule has 0 spiro atoms. The first-order valence-corrected chi connectivity index (χ1v) is 8.39. The second kappa shape index (κ2) is 5.05. The van der Waals surface area contributed by atoms with Crippen LogP contribution < -0.4 is 0 Å². The summed E-state index contributed by atoms with van der Waals surface area (Å²) in [5, 5.41) is 0. The van der Waals surface area contributed by atoms with E-state index in [1.54, 1.807) is 17.5 Å². The zero-order valence-corrected chi connectivity index (χ0v) is 13.8. The second-order valence-electron chi connectivity index (χ2n) is 4.50. The highest BCUT2D eigenvalue weighted by atomic mass is 79.9. The van der Waals surface area contributed by atoms with Crippen molar-refractivity contribution in [2.45, 2.75) is 5.88 Å². The minimum Gasteiger partial charge on any atom is -0.280 e. The van der Waals surface area contributed by atoms with Gasteiger partial charge in [0, 0.05) is 10.7 Å². The minimum atomic E-state index is 0.328. The van der Waals surface area contributed by atoms with E-state index >= 15 is 0 Å². The summed E-state index contributed by atoms with van der Waals surface area (Å²) >= 11 is 11.1. The molecule has 1 aromatic carbocycles. The molecule has 0 unspecified atom stereocenters. The minimum absolute atomic E-state index is 0.328. The van der Waals surface area contributed by atoms with E-state index in [1.165, 1.54) is 0 Å². The smallest absolute Gasteiger partial charge is 0.164 e. The number of pyridine rings is 1. The van der Waals surface area contributed by atoms with Crippen LogP contribution in [0, 0.1) is 0 Å². The summed E-state index contributed by atoms with van der Waals surface area (Å²) in [7, 11) is 0. The Morgan fingerprint density at radius 2 is 2.10 bits per heavy atom. The van der Waals surface area contributed by atoms with Gasteiger partial charge in [0.05, 0.1) is 27.3 Å². The molecule has 0 amide bonds. The molecule has 3 heterocycles. The van der Waals surface area contributed by atoms with E-state index in [0.29, 0.717) is 5.88 Å². The molecule has 0 saturated carbocycles. The van der Waals surface area contributed by atoms with Crippen molar-refractivity contribution in [3.8, 4) is 5.69 Å². The van der Waals surface area contributed by atoms with Crippen LogP contribution in [0.2, 0.25) is 0 Å². The van der Waals surface area contributed by atoms with E-state index in [-0.39, 0.29) is 0 Å². The highest BCUT2D eigenvalue weighted by Gasteiger charge is 2.14. The average molecular weight is 380 g/mol. The molecule has 0 saturated heterocycles. The Bertz CT molecular complexity index is 962. The maximum absolute atomic E-state index is 6.06. The molecule has 0 N–H and O–H groups in total. The van der Waals surface area contributed by atoms with Gasteiger partial charge in [0.1, 0.15) is 11.3 Å². The fraction of sp³-hybridized carbons (Fsp3) is 0.0714. The Morgan fingerprint density at radius 3 is 2.95 bits per heavy atom. The lowest BCUT2D eigenvalue weighted by molar-refractivity contribution is 0.971. The Hall–Kier alpha value is -1.50. The summed E-state index contributed by atoms with van der Waals surface area (Å²) in [6.07, 6.45) is 1.77. The van der Waals surface area contributed by atoms with Crippen molar-refractivity contribution in [2.75, 3.05) is 0 Å². The number of fused-ring (bicyclic) bond motifs is 2. The van der Waals surface area contributed by atoms with Crippen molar-refractivity contribution in [3.63, 3.8) is 0 Å². The Balaban J connectivity index is 2.03. The summed E-state index contributed by atoms with van der Waals surface area (Å²) in [6, 6.07) is 8.06. The molecule has 4 aromatic rings. The van der Waals surface area contributed by atoms with E-state index in [4.69, 9.17) is 11.6 Å². The van der Waals surface area contributed by atoms with Gasteiger partial charge >= 0.3 is 0 Å². The van der Waals surface area contributed by atoms with Crippen LogP contribution >= 0.6 is 38.9 Å². The predicted octanol–water partition coefficient (Wildman–Crippen LogP) is 4.53. The van der Waals surface area contributed by atoms with Crippen molar-refractivity contribution in [2.24, 2.45) is 0 Å². The van der Waals surface area contributed by atoms with Crippen LogP contribution in [0.25, 0.3) is 27.1 Å². The third-order valence-corrected chi connectivity index (χ3v) is 4.69. The number of hydrogen-bond donors (Lipinski definition) is 0. The molecule has 3 aromatic heterocycles. The Kier molecular flexibility index (Phi) is 3.17. The largest absolute Gasteiger partial charge is 0.280 e. The van der Waals surface area contributed by atoms with Crippen LogP contribution in [0.1, 0.15) is 5.82 Å². The monoisotopic (exact) mass is 378 g/mol. The van der Waals surface area contributed by atoms with Gasteiger partial charge in [-0.3, -0.25) is 4.57 Å². The highest BCUT2D eigenvalue weighted by molar-refractivity contribution is 9.10. The van der Waals surface area contributed by atoms with Crippen LogP contribution in [0.5, 0.6) is 0 Å². The third-order valence-electron chi connectivity index (χ3n) is 3.23. The molecule has 7 heteroatoms. The van der Waals surface area contributed by atoms with Crippen LogP contribution in [0.15, 0.2) is 40.4 Å². The normalized spacial score (nSPS) is 11.5. The molecule has 4 nitrogen and oxygen atoms in total. The SMILES string of the molecule is ClCc1nc2cc(Br)cnc2n1-c1ccc2ncsc2c1. The summed E-state index contributed by atoms with van der Waals surface area (Å²) in [4.78, 5) is 13.3. The van der Waals surface area contributed by atoms with E-state index < -0.39 is 0 Å². The first-order valence-electron chi connectivity index (χ1n) is 6.19. The van der Waals surface area contributed by atoms with Gasteiger partial charge in [0.25, 0.3) is 0 Å². The van der Waals surface area contributed by atoms with Gasteiger partial charge < -0.3 is 0 Å². The molecule has 0 atom stereocenters. The molecule has 0 aliphatic rings. The molecule has 21 heavy (non-hydrogen) atoms. The van der Waals surface area contributed by atoms with E-state index in [9.17, 15) is 0 Å². The van der Waals surface area contributed by atoms with E-state index in [2.05, 4.69) is 36.9 Å². The summed E-state index contributed by atoms with van der Waals surface area (Å²) in [5.74, 6) is 1.11. The van der Waals surface area contributed by atoms with Crippen molar-refractivity contribution < 1.29 is 0 Å². The molecule has 0 bridgehead atoms. The van der Waals surface area contributed by atoms with E-state index in [1.807, 2.05) is 28.3 Å². The van der Waals surface area contributed by atoms with Crippen LogP contribution in [-0.4, -0.2) is 19.5 Å². The Morgan fingerprint density at radius 1 is 1.19 bits per heavy atom. The van der Waals surface area contributed by atoms with Crippen molar-refractivity contribution >= 4 is 60.2 Å². The van der Waals surface area contributed by atoms with Gasteiger partial charge in [-0.2, -0.15) is 0 Å². The zero-order chi connectivity index (χ0) is 14.4. The van der Waals surface area contributed by atoms with Gasteiger partial charge in [-0.1, -0.05) is 0 Å². The lowest BCUT2D eigenvalue weighted by Crippen LogP contribution is -2.00. The highest BCUT2D eigenvalue weighted by Crippen LogP contribution is 2.26. The van der Waals surface area contributed by atoms with Gasteiger partial charge in [-0.25, -0.2) is 15.0 Å². The zero-order valence-electron chi connectivity index (χ0n) is 10.6. The van der Waals surface area contributed by atoms with Crippen LogP contribution in [-0.2, 0) is 5.88 Å². The lowest BCUT2D eigenvalue weighted by atomic mass is 10.3. The van der Waals surface area contributed by atoms with E-state index in [0.717, 1.165) is 37.4 Å². The van der Waals surface area contributed by atoms with Crippen molar-refractivity contribution in [1.29, 1.82) is 0 Å². The van der Waals surface area contributed by atoms with Gasteiger partial charge in [-0.05, 0) is 40.2 Å². The average Bonchev–Trinajstić information content (AvgIpc) is 3.09. The van der Waals surface area contributed by atoms with Crippen molar-refractivity contribution in [3.05, 3.63) is 46.3 Å². The number of hydrogen-bond acceptors (Lipinski definition) is 4. The fourth-order valence-corrected chi connectivity index (χ4v) is 3.54. The number of halogens is 2. The second-order valence-corrected chi connectivity index (χ2v) is 6.57.